The molecule has 1 amide bonds. The second kappa shape index (κ2) is 5.59. The zero-order valence-corrected chi connectivity index (χ0v) is 15.3. The number of hydrogen-bond donors (Lipinski definition) is 2. The van der Waals surface area contributed by atoms with Crippen molar-refractivity contribution in [1.82, 2.24) is 5.32 Å². The summed E-state index contributed by atoms with van der Waals surface area (Å²) in [4.78, 5) is 13.1. The summed E-state index contributed by atoms with van der Waals surface area (Å²) in [5, 5.41) is 15.0. The summed E-state index contributed by atoms with van der Waals surface area (Å²) < 4.78 is 5.81. The maximum Gasteiger partial charge on any atom is 0.226 e. The summed E-state index contributed by atoms with van der Waals surface area (Å²) in [5.74, 6) is 2.87. The van der Waals surface area contributed by atoms with E-state index in [1.807, 2.05) is 30.3 Å². The summed E-state index contributed by atoms with van der Waals surface area (Å²) in [7, 11) is 0. The van der Waals surface area contributed by atoms with Crippen LogP contribution in [0.25, 0.3) is 11.0 Å². The number of carbonyl (C=O) groups is 1. The highest BCUT2D eigenvalue weighted by molar-refractivity contribution is 5.83. The van der Waals surface area contributed by atoms with Gasteiger partial charge >= 0.3 is 0 Å². The lowest BCUT2D eigenvalue weighted by molar-refractivity contribution is -0.147. The fraction of sp³-hybridized carbons (Fsp3) is 0.591. The van der Waals surface area contributed by atoms with E-state index in [9.17, 15) is 9.90 Å². The molecule has 6 rings (SSSR count). The van der Waals surface area contributed by atoms with Crippen molar-refractivity contribution >= 4 is 16.9 Å². The first kappa shape index (κ1) is 16.4. The van der Waals surface area contributed by atoms with Crippen LogP contribution in [0.1, 0.15) is 51.2 Å². The van der Waals surface area contributed by atoms with Crippen molar-refractivity contribution in [2.24, 2.45) is 23.2 Å². The first-order chi connectivity index (χ1) is 12.4. The molecule has 0 saturated heterocycles. The molecule has 0 spiro atoms. The molecule has 4 bridgehead atoms. The van der Waals surface area contributed by atoms with E-state index in [1.54, 1.807) is 6.92 Å². The Morgan fingerprint density at radius 1 is 1.19 bits per heavy atom. The standard InChI is InChI=1S/C22H27NO3/c1-21(25,19-9-17-4-2-3-5-18(17)26-19)13-23-20(24)22-10-14-6-15(11-22)8-16(7-14)12-22/h2-5,9,14-16,25H,6-8,10-13H2,1H3,(H,23,24). The molecular weight excluding hydrogens is 326 g/mol. The van der Waals surface area contributed by atoms with Crippen molar-refractivity contribution in [3.63, 3.8) is 0 Å². The van der Waals surface area contributed by atoms with Crippen LogP contribution in [0.3, 0.4) is 0 Å². The molecule has 1 unspecified atom stereocenters. The number of amides is 1. The van der Waals surface area contributed by atoms with Gasteiger partial charge in [0.1, 0.15) is 16.9 Å². The third-order valence-electron chi connectivity index (χ3n) is 7.07. The maximum absolute atomic E-state index is 13.1. The van der Waals surface area contributed by atoms with Crippen molar-refractivity contribution in [1.29, 1.82) is 0 Å². The highest BCUT2D eigenvalue weighted by Gasteiger charge is 2.54. The van der Waals surface area contributed by atoms with Gasteiger partial charge in [0, 0.05) is 10.8 Å². The third-order valence-corrected chi connectivity index (χ3v) is 7.07. The van der Waals surface area contributed by atoms with E-state index in [-0.39, 0.29) is 17.9 Å². The van der Waals surface area contributed by atoms with Crippen molar-refractivity contribution in [2.45, 2.75) is 51.0 Å². The lowest BCUT2D eigenvalue weighted by Crippen LogP contribution is -2.55. The first-order valence-electron chi connectivity index (χ1n) is 9.93. The molecule has 4 aliphatic carbocycles. The van der Waals surface area contributed by atoms with Crippen LogP contribution in [-0.2, 0) is 10.4 Å². The molecule has 26 heavy (non-hydrogen) atoms. The molecule has 138 valence electrons. The van der Waals surface area contributed by atoms with Crippen LogP contribution in [0.15, 0.2) is 34.7 Å². The van der Waals surface area contributed by atoms with Crippen LogP contribution in [0, 0.1) is 23.2 Å². The van der Waals surface area contributed by atoms with Crippen LogP contribution >= 0.6 is 0 Å². The molecule has 4 fully saturated rings. The van der Waals surface area contributed by atoms with Gasteiger partial charge in [-0.05, 0) is 75.3 Å². The van der Waals surface area contributed by atoms with E-state index < -0.39 is 5.60 Å². The lowest BCUT2D eigenvalue weighted by Gasteiger charge is -2.55. The Balaban J connectivity index is 1.31. The van der Waals surface area contributed by atoms with E-state index in [4.69, 9.17) is 4.42 Å². The molecule has 4 heteroatoms. The SMILES string of the molecule is CC(O)(CNC(=O)C12CC3CC(CC(C3)C1)C2)c1cc2ccccc2o1. The zero-order valence-electron chi connectivity index (χ0n) is 15.3. The third kappa shape index (κ3) is 2.58. The van der Waals surface area contributed by atoms with Crippen LogP contribution in [0.2, 0.25) is 0 Å². The van der Waals surface area contributed by atoms with Gasteiger partial charge in [0.15, 0.2) is 0 Å². The fourth-order valence-corrected chi connectivity index (χ4v) is 6.16. The van der Waals surface area contributed by atoms with Gasteiger partial charge in [-0.15, -0.1) is 0 Å². The molecule has 2 aromatic rings. The second-order valence-corrected chi connectivity index (χ2v) is 9.30. The van der Waals surface area contributed by atoms with Crippen molar-refractivity contribution < 1.29 is 14.3 Å². The van der Waals surface area contributed by atoms with E-state index in [0.29, 0.717) is 5.76 Å². The highest BCUT2D eigenvalue weighted by Crippen LogP contribution is 2.60. The molecule has 1 atom stereocenters. The number of carbonyl (C=O) groups excluding carboxylic acids is 1. The molecule has 0 aliphatic heterocycles. The number of hydrogen-bond acceptors (Lipinski definition) is 3. The molecule has 4 aliphatic rings. The predicted octanol–water partition coefficient (Wildman–Crippen LogP) is 3.97. The minimum atomic E-state index is -1.21. The van der Waals surface area contributed by atoms with Crippen molar-refractivity contribution in [3.8, 4) is 0 Å². The fourth-order valence-electron chi connectivity index (χ4n) is 6.16. The lowest BCUT2D eigenvalue weighted by atomic mass is 9.49. The predicted molar refractivity (Wildman–Crippen MR) is 99.4 cm³/mol. The zero-order chi connectivity index (χ0) is 17.9. The number of para-hydroxylation sites is 1. The van der Waals surface area contributed by atoms with Gasteiger partial charge in [0.25, 0.3) is 0 Å². The number of nitrogens with one attached hydrogen (secondary N) is 1. The number of furan rings is 1. The summed E-state index contributed by atoms with van der Waals surface area (Å²) in [6, 6.07) is 9.59. The largest absolute Gasteiger partial charge is 0.458 e. The topological polar surface area (TPSA) is 62.5 Å². The quantitative estimate of drug-likeness (QED) is 0.874. The Morgan fingerprint density at radius 3 is 2.42 bits per heavy atom. The Hall–Kier alpha value is -1.81. The average molecular weight is 353 g/mol. The monoisotopic (exact) mass is 353 g/mol. The first-order valence-corrected chi connectivity index (χ1v) is 9.93. The van der Waals surface area contributed by atoms with Crippen LogP contribution in [0.5, 0.6) is 0 Å². The van der Waals surface area contributed by atoms with Crippen LogP contribution in [-0.4, -0.2) is 17.6 Å². The highest BCUT2D eigenvalue weighted by atomic mass is 16.4. The van der Waals surface area contributed by atoms with E-state index in [1.165, 1.54) is 19.3 Å². The second-order valence-electron chi connectivity index (χ2n) is 9.30. The van der Waals surface area contributed by atoms with Crippen LogP contribution in [0.4, 0.5) is 0 Å². The van der Waals surface area contributed by atoms with E-state index in [0.717, 1.165) is 48.0 Å². The van der Waals surface area contributed by atoms with E-state index >= 15 is 0 Å². The average Bonchev–Trinajstić information content (AvgIpc) is 3.03. The molecule has 2 N–H and O–H groups in total. The van der Waals surface area contributed by atoms with Gasteiger partial charge in [-0.3, -0.25) is 4.79 Å². The van der Waals surface area contributed by atoms with Crippen LogP contribution < -0.4 is 5.32 Å². The maximum atomic E-state index is 13.1. The molecule has 0 radical (unpaired) electrons. The minimum absolute atomic E-state index is 0.146. The number of aliphatic hydroxyl groups is 1. The summed E-state index contributed by atoms with van der Waals surface area (Å²) in [6.07, 6.45) is 7.09. The summed E-state index contributed by atoms with van der Waals surface area (Å²) in [6.45, 7) is 1.90. The molecule has 4 nitrogen and oxygen atoms in total. The van der Waals surface area contributed by atoms with Gasteiger partial charge in [-0.25, -0.2) is 0 Å². The molecule has 1 aromatic heterocycles. The summed E-state index contributed by atoms with van der Waals surface area (Å²) >= 11 is 0. The molecule has 4 saturated carbocycles. The van der Waals surface area contributed by atoms with Gasteiger partial charge < -0.3 is 14.8 Å². The summed E-state index contributed by atoms with van der Waals surface area (Å²) in [5.41, 5.74) is -0.634. The Kier molecular flexibility index (Phi) is 3.52. The van der Waals surface area contributed by atoms with Gasteiger partial charge in [0.05, 0.1) is 6.54 Å². The minimum Gasteiger partial charge on any atom is -0.458 e. The Morgan fingerprint density at radius 2 is 1.81 bits per heavy atom. The van der Waals surface area contributed by atoms with Gasteiger partial charge in [-0.2, -0.15) is 0 Å². The molecule has 1 heterocycles. The van der Waals surface area contributed by atoms with E-state index in [2.05, 4.69) is 5.32 Å². The smallest absolute Gasteiger partial charge is 0.226 e. The van der Waals surface area contributed by atoms with Gasteiger partial charge in [0.2, 0.25) is 5.91 Å². The molecular formula is C22H27NO3. The molecule has 1 aromatic carbocycles. The number of rotatable bonds is 4. The normalized spacial score (nSPS) is 34.8. The van der Waals surface area contributed by atoms with Crippen molar-refractivity contribution in [3.05, 3.63) is 36.1 Å². The number of fused-ring (bicyclic) bond motifs is 1. The number of benzene rings is 1. The van der Waals surface area contributed by atoms with Gasteiger partial charge in [-0.1, -0.05) is 18.2 Å². The Bertz CT molecular complexity index is 782. The Labute approximate surface area is 154 Å². The van der Waals surface area contributed by atoms with Crippen molar-refractivity contribution in [2.75, 3.05) is 6.54 Å².